The highest BCUT2D eigenvalue weighted by Crippen LogP contribution is 2.27. The molecule has 0 spiro atoms. The lowest BCUT2D eigenvalue weighted by Gasteiger charge is -2.09. The molecule has 0 bridgehead atoms. The standard InChI is InChI=1S/C13H19NO4/c1-4-18-14-13(15)8-6-10-5-7-11(16-2)12(9-10)17-3/h5,7,9H,4,6,8H2,1-3H3,(H,14,15). The molecular formula is C13H19NO4. The molecule has 5 nitrogen and oxygen atoms in total. The second-order valence-corrected chi connectivity index (χ2v) is 3.65. The molecule has 0 aliphatic carbocycles. The number of hydrogen-bond acceptors (Lipinski definition) is 4. The van der Waals surface area contributed by atoms with Crippen LogP contribution < -0.4 is 15.0 Å². The lowest BCUT2D eigenvalue weighted by molar-refractivity contribution is -0.133. The van der Waals surface area contributed by atoms with Gasteiger partial charge in [0.15, 0.2) is 11.5 Å². The second kappa shape index (κ2) is 7.55. The van der Waals surface area contributed by atoms with Gasteiger partial charge in [-0.2, -0.15) is 0 Å². The highest BCUT2D eigenvalue weighted by atomic mass is 16.6. The summed E-state index contributed by atoms with van der Waals surface area (Å²) < 4.78 is 10.3. The van der Waals surface area contributed by atoms with E-state index in [1.165, 1.54) is 0 Å². The summed E-state index contributed by atoms with van der Waals surface area (Å²) in [6, 6.07) is 5.61. The lowest BCUT2D eigenvalue weighted by Crippen LogP contribution is -2.23. The maximum atomic E-state index is 11.4. The average Bonchev–Trinajstić information content (AvgIpc) is 2.42. The Morgan fingerprint density at radius 2 is 1.94 bits per heavy atom. The maximum absolute atomic E-state index is 11.4. The molecule has 1 N–H and O–H groups in total. The van der Waals surface area contributed by atoms with Crippen LogP contribution in [0.25, 0.3) is 0 Å². The van der Waals surface area contributed by atoms with Crippen molar-refractivity contribution < 1.29 is 19.1 Å². The molecule has 1 aromatic carbocycles. The molecule has 0 aliphatic heterocycles. The van der Waals surface area contributed by atoms with Gasteiger partial charge in [0.1, 0.15) is 0 Å². The van der Waals surface area contributed by atoms with E-state index in [0.29, 0.717) is 30.9 Å². The summed E-state index contributed by atoms with van der Waals surface area (Å²) in [7, 11) is 3.18. The van der Waals surface area contributed by atoms with Crippen molar-refractivity contribution in [2.45, 2.75) is 19.8 Å². The molecule has 0 aliphatic rings. The average molecular weight is 253 g/mol. The molecule has 0 fully saturated rings. The Morgan fingerprint density at radius 1 is 1.22 bits per heavy atom. The van der Waals surface area contributed by atoms with Gasteiger partial charge in [0.25, 0.3) is 0 Å². The van der Waals surface area contributed by atoms with Crippen molar-refractivity contribution in [2.75, 3.05) is 20.8 Å². The van der Waals surface area contributed by atoms with Crippen molar-refractivity contribution in [3.05, 3.63) is 23.8 Å². The van der Waals surface area contributed by atoms with E-state index in [2.05, 4.69) is 5.48 Å². The first-order valence-corrected chi connectivity index (χ1v) is 5.82. The second-order valence-electron chi connectivity index (χ2n) is 3.65. The number of benzene rings is 1. The van der Waals surface area contributed by atoms with Crippen LogP contribution in [0.15, 0.2) is 18.2 Å². The SMILES string of the molecule is CCONC(=O)CCc1ccc(OC)c(OC)c1. The van der Waals surface area contributed by atoms with E-state index in [4.69, 9.17) is 14.3 Å². The van der Waals surface area contributed by atoms with Crippen LogP contribution in [0, 0.1) is 0 Å². The first-order chi connectivity index (χ1) is 8.71. The topological polar surface area (TPSA) is 56.8 Å². The molecule has 100 valence electrons. The van der Waals surface area contributed by atoms with E-state index < -0.39 is 0 Å². The van der Waals surface area contributed by atoms with Gasteiger partial charge < -0.3 is 9.47 Å². The monoisotopic (exact) mass is 253 g/mol. The highest BCUT2D eigenvalue weighted by molar-refractivity contribution is 5.75. The number of ether oxygens (including phenoxy) is 2. The summed E-state index contributed by atoms with van der Waals surface area (Å²) in [5.74, 6) is 1.21. The predicted octanol–water partition coefficient (Wildman–Crippen LogP) is 1.70. The van der Waals surface area contributed by atoms with Crippen LogP contribution in [0.2, 0.25) is 0 Å². The minimum Gasteiger partial charge on any atom is -0.493 e. The molecular weight excluding hydrogens is 234 g/mol. The van der Waals surface area contributed by atoms with E-state index >= 15 is 0 Å². The van der Waals surface area contributed by atoms with E-state index in [1.54, 1.807) is 14.2 Å². The van der Waals surface area contributed by atoms with E-state index in [-0.39, 0.29) is 5.91 Å². The number of methoxy groups -OCH3 is 2. The Morgan fingerprint density at radius 3 is 2.56 bits per heavy atom. The molecule has 1 aromatic rings. The Balaban J connectivity index is 2.55. The van der Waals surface area contributed by atoms with Gasteiger partial charge in [-0.1, -0.05) is 6.07 Å². The first kappa shape index (κ1) is 14.3. The summed E-state index contributed by atoms with van der Waals surface area (Å²) >= 11 is 0. The fourth-order valence-electron chi connectivity index (χ4n) is 1.50. The largest absolute Gasteiger partial charge is 0.493 e. The molecule has 5 heteroatoms. The molecule has 18 heavy (non-hydrogen) atoms. The minimum absolute atomic E-state index is 0.133. The van der Waals surface area contributed by atoms with Crippen LogP contribution in [-0.4, -0.2) is 26.7 Å². The van der Waals surface area contributed by atoms with E-state index in [0.717, 1.165) is 5.56 Å². The Bertz CT molecular complexity index is 393. The van der Waals surface area contributed by atoms with Gasteiger partial charge in [-0.05, 0) is 31.0 Å². The molecule has 0 atom stereocenters. The summed E-state index contributed by atoms with van der Waals surface area (Å²) in [4.78, 5) is 16.2. The van der Waals surface area contributed by atoms with Gasteiger partial charge >= 0.3 is 0 Å². The van der Waals surface area contributed by atoms with Crippen LogP contribution >= 0.6 is 0 Å². The molecule has 0 radical (unpaired) electrons. The third-order valence-electron chi connectivity index (χ3n) is 2.42. The van der Waals surface area contributed by atoms with Crippen molar-refractivity contribution in [1.82, 2.24) is 5.48 Å². The fourth-order valence-corrected chi connectivity index (χ4v) is 1.50. The van der Waals surface area contributed by atoms with Crippen molar-refractivity contribution in [2.24, 2.45) is 0 Å². The van der Waals surface area contributed by atoms with Crippen molar-refractivity contribution in [3.63, 3.8) is 0 Å². The van der Waals surface area contributed by atoms with Crippen molar-refractivity contribution in [3.8, 4) is 11.5 Å². The zero-order valence-corrected chi connectivity index (χ0v) is 11.0. The molecule has 0 heterocycles. The van der Waals surface area contributed by atoms with Gasteiger partial charge in [0.05, 0.1) is 20.8 Å². The predicted molar refractivity (Wildman–Crippen MR) is 67.6 cm³/mol. The van der Waals surface area contributed by atoms with Gasteiger partial charge in [-0.3, -0.25) is 9.63 Å². The first-order valence-electron chi connectivity index (χ1n) is 5.82. The highest BCUT2D eigenvalue weighted by Gasteiger charge is 2.06. The number of amides is 1. The summed E-state index contributed by atoms with van der Waals surface area (Å²) in [5, 5.41) is 0. The van der Waals surface area contributed by atoms with E-state index in [9.17, 15) is 4.79 Å². The molecule has 1 rings (SSSR count). The Labute approximate surface area is 107 Å². The zero-order chi connectivity index (χ0) is 13.4. The number of hydrogen-bond donors (Lipinski definition) is 1. The summed E-state index contributed by atoms with van der Waals surface area (Å²) in [6.07, 6.45) is 0.995. The number of hydroxylamine groups is 1. The molecule has 0 aromatic heterocycles. The third-order valence-corrected chi connectivity index (χ3v) is 2.42. The zero-order valence-electron chi connectivity index (χ0n) is 11.0. The van der Waals surface area contributed by atoms with Crippen LogP contribution in [0.5, 0.6) is 11.5 Å². The number of rotatable bonds is 7. The van der Waals surface area contributed by atoms with Gasteiger partial charge in [-0.25, -0.2) is 5.48 Å². The number of carbonyl (C=O) groups excluding carboxylic acids is 1. The molecule has 0 unspecified atom stereocenters. The van der Waals surface area contributed by atoms with Gasteiger partial charge in [0.2, 0.25) is 5.91 Å². The normalized spacial score (nSPS) is 9.94. The molecule has 1 amide bonds. The summed E-state index contributed by atoms with van der Waals surface area (Å²) in [6.45, 7) is 2.27. The smallest absolute Gasteiger partial charge is 0.243 e. The van der Waals surface area contributed by atoms with Gasteiger partial charge in [0, 0.05) is 6.42 Å². The minimum atomic E-state index is -0.133. The number of carbonyl (C=O) groups is 1. The van der Waals surface area contributed by atoms with Crippen molar-refractivity contribution in [1.29, 1.82) is 0 Å². The maximum Gasteiger partial charge on any atom is 0.243 e. The van der Waals surface area contributed by atoms with E-state index in [1.807, 2.05) is 25.1 Å². The molecule has 0 saturated heterocycles. The third kappa shape index (κ3) is 4.25. The van der Waals surface area contributed by atoms with Crippen LogP contribution in [-0.2, 0) is 16.1 Å². The number of nitrogens with one attached hydrogen (secondary N) is 1. The number of aryl methyl sites for hydroxylation is 1. The molecule has 0 saturated carbocycles. The lowest BCUT2D eigenvalue weighted by atomic mass is 10.1. The van der Waals surface area contributed by atoms with Gasteiger partial charge in [-0.15, -0.1) is 0 Å². The fraction of sp³-hybridized carbons (Fsp3) is 0.462. The Hall–Kier alpha value is -1.75. The summed E-state index contributed by atoms with van der Waals surface area (Å²) in [5.41, 5.74) is 3.37. The van der Waals surface area contributed by atoms with Crippen LogP contribution in [0.4, 0.5) is 0 Å². The quantitative estimate of drug-likeness (QED) is 0.751. The Kier molecular flexibility index (Phi) is 6.00. The van der Waals surface area contributed by atoms with Crippen molar-refractivity contribution >= 4 is 5.91 Å². The van der Waals surface area contributed by atoms with Crippen LogP contribution in [0.3, 0.4) is 0 Å². The van der Waals surface area contributed by atoms with Crippen LogP contribution in [0.1, 0.15) is 18.9 Å².